The van der Waals surface area contributed by atoms with Gasteiger partial charge in [-0.1, -0.05) is 6.07 Å². The second-order valence-electron chi connectivity index (χ2n) is 8.30. The van der Waals surface area contributed by atoms with Crippen LogP contribution in [0.1, 0.15) is 11.4 Å². The molecular formula is C21H30F3N5O6. The Bertz CT molecular complexity index is 840. The van der Waals surface area contributed by atoms with Gasteiger partial charge in [0.2, 0.25) is 0 Å². The van der Waals surface area contributed by atoms with Crippen molar-refractivity contribution in [3.8, 4) is 0 Å². The van der Waals surface area contributed by atoms with Crippen molar-refractivity contribution in [2.45, 2.75) is 12.7 Å². The van der Waals surface area contributed by atoms with E-state index in [9.17, 15) is 42.9 Å². The highest BCUT2D eigenvalue weighted by Gasteiger charge is 2.32. The number of halogens is 3. The normalized spacial score (nSPS) is 18.5. The molecule has 2 heterocycles. The Morgan fingerprint density at radius 1 is 0.714 bits per heavy atom. The van der Waals surface area contributed by atoms with Crippen LogP contribution in [0.2, 0.25) is 0 Å². The van der Waals surface area contributed by atoms with Gasteiger partial charge in [-0.25, -0.2) is 4.98 Å². The summed E-state index contributed by atoms with van der Waals surface area (Å²) in [6.45, 7) is 1.41. The summed E-state index contributed by atoms with van der Waals surface area (Å²) in [5.41, 5.74) is -0.822. The minimum absolute atomic E-state index is 0.0664. The lowest BCUT2D eigenvalue weighted by atomic mass is 10.2. The van der Waals surface area contributed by atoms with Crippen LogP contribution in [0.5, 0.6) is 0 Å². The first kappa shape index (κ1) is 28.4. The minimum atomic E-state index is -4.59. The van der Waals surface area contributed by atoms with Gasteiger partial charge in [0, 0.05) is 58.9 Å². The number of alkyl halides is 3. The Hall–Kier alpha value is -2.81. The highest BCUT2D eigenvalue weighted by atomic mass is 19.4. The van der Waals surface area contributed by atoms with Crippen LogP contribution in [0, 0.1) is 0 Å². The van der Waals surface area contributed by atoms with E-state index in [1.54, 1.807) is 14.7 Å². The first-order valence-electron chi connectivity index (χ1n) is 11.0. The molecule has 35 heavy (non-hydrogen) atoms. The number of carbonyl (C=O) groups is 3. The fourth-order valence-corrected chi connectivity index (χ4v) is 3.74. The van der Waals surface area contributed by atoms with Crippen molar-refractivity contribution in [1.82, 2.24) is 24.6 Å². The summed E-state index contributed by atoms with van der Waals surface area (Å²) in [7, 11) is 0. The smallest absolute Gasteiger partial charge is 0.433 e. The van der Waals surface area contributed by atoms with Crippen molar-refractivity contribution in [3.63, 3.8) is 0 Å². The van der Waals surface area contributed by atoms with E-state index in [-0.39, 0.29) is 71.1 Å². The zero-order valence-electron chi connectivity index (χ0n) is 19.2. The van der Waals surface area contributed by atoms with Crippen LogP contribution < -0.4 is 0 Å². The molecule has 1 aliphatic heterocycles. The Morgan fingerprint density at radius 2 is 1.09 bits per heavy atom. The maximum Gasteiger partial charge on any atom is 0.433 e. The second kappa shape index (κ2) is 13.3. The van der Waals surface area contributed by atoms with Gasteiger partial charge in [0.1, 0.15) is 5.69 Å². The number of aromatic nitrogens is 1. The van der Waals surface area contributed by atoms with Crippen molar-refractivity contribution < 1.29 is 42.9 Å². The van der Waals surface area contributed by atoms with Crippen LogP contribution >= 0.6 is 0 Å². The molecule has 1 aromatic heterocycles. The van der Waals surface area contributed by atoms with Crippen molar-refractivity contribution in [3.05, 3.63) is 29.6 Å². The molecule has 0 radical (unpaired) electrons. The fraction of sp³-hybridized carbons (Fsp3) is 0.619. The zero-order chi connectivity index (χ0) is 26.0. The van der Waals surface area contributed by atoms with Gasteiger partial charge < -0.3 is 15.3 Å². The average molecular weight is 505 g/mol. The lowest BCUT2D eigenvalue weighted by Gasteiger charge is -2.33. The van der Waals surface area contributed by atoms with Crippen LogP contribution in [-0.4, -0.2) is 130 Å². The molecule has 0 unspecified atom stereocenters. The summed E-state index contributed by atoms with van der Waals surface area (Å²) in [4.78, 5) is 44.2. The minimum Gasteiger partial charge on any atom is -0.480 e. The molecule has 3 N–H and O–H groups in total. The molecule has 0 bridgehead atoms. The number of rotatable bonds is 8. The number of hydrogen-bond donors (Lipinski definition) is 3. The highest BCUT2D eigenvalue weighted by Crippen LogP contribution is 2.27. The second-order valence-corrected chi connectivity index (χ2v) is 8.30. The number of hydrogen-bond acceptors (Lipinski definition) is 8. The van der Waals surface area contributed by atoms with Gasteiger partial charge >= 0.3 is 24.1 Å². The Labute approximate surface area is 200 Å². The van der Waals surface area contributed by atoms with E-state index in [2.05, 4.69) is 4.98 Å². The lowest BCUT2D eigenvalue weighted by Crippen LogP contribution is -2.48. The van der Waals surface area contributed by atoms with E-state index in [4.69, 9.17) is 0 Å². The predicted molar refractivity (Wildman–Crippen MR) is 117 cm³/mol. The van der Waals surface area contributed by atoms with Crippen LogP contribution in [0.3, 0.4) is 0 Å². The molecular weight excluding hydrogens is 475 g/mol. The van der Waals surface area contributed by atoms with Crippen LogP contribution in [0.4, 0.5) is 13.2 Å². The van der Waals surface area contributed by atoms with E-state index in [1.165, 1.54) is 12.1 Å². The molecule has 0 amide bonds. The molecule has 0 spiro atoms. The summed E-state index contributed by atoms with van der Waals surface area (Å²) in [5.74, 6) is -3.16. The monoisotopic (exact) mass is 505 g/mol. The number of nitrogens with zero attached hydrogens (tertiary/aromatic N) is 5. The van der Waals surface area contributed by atoms with Gasteiger partial charge in [-0.2, -0.15) is 13.2 Å². The van der Waals surface area contributed by atoms with Crippen molar-refractivity contribution in [2.75, 3.05) is 72.0 Å². The summed E-state index contributed by atoms with van der Waals surface area (Å²) in [5, 5.41) is 27.7. The quantitative estimate of drug-likeness (QED) is 0.443. The Kier molecular flexibility index (Phi) is 10.8. The summed E-state index contributed by atoms with van der Waals surface area (Å²) < 4.78 is 39.2. The molecule has 1 fully saturated rings. The van der Waals surface area contributed by atoms with E-state index in [0.29, 0.717) is 13.1 Å². The molecule has 14 heteroatoms. The Morgan fingerprint density at radius 3 is 1.43 bits per heavy atom. The summed E-state index contributed by atoms with van der Waals surface area (Å²) in [6.07, 6.45) is -4.59. The number of pyridine rings is 1. The SMILES string of the molecule is O=C(O)CN1CCN(CC(=O)O)CCN(Cc2cccc(C(F)(F)F)n2)CCN(CC(=O)O)CC1. The van der Waals surface area contributed by atoms with Crippen molar-refractivity contribution in [1.29, 1.82) is 0 Å². The molecule has 196 valence electrons. The van der Waals surface area contributed by atoms with E-state index in [0.717, 1.165) is 6.07 Å². The highest BCUT2D eigenvalue weighted by molar-refractivity contribution is 5.69. The molecule has 1 aromatic rings. The molecule has 1 saturated heterocycles. The summed E-state index contributed by atoms with van der Waals surface area (Å²) in [6, 6.07) is 3.62. The van der Waals surface area contributed by atoms with Crippen LogP contribution in [0.25, 0.3) is 0 Å². The number of carboxylic acid groups (broad SMARTS) is 3. The van der Waals surface area contributed by atoms with E-state index >= 15 is 0 Å². The lowest BCUT2D eigenvalue weighted by molar-refractivity contribution is -0.141. The van der Waals surface area contributed by atoms with Gasteiger partial charge in [0.05, 0.1) is 25.3 Å². The van der Waals surface area contributed by atoms with Gasteiger partial charge in [-0.05, 0) is 12.1 Å². The largest absolute Gasteiger partial charge is 0.480 e. The summed E-state index contributed by atoms with van der Waals surface area (Å²) >= 11 is 0. The third kappa shape index (κ3) is 11.0. The standard InChI is InChI=1S/C21H30F3N5O6/c22-21(23,24)17-3-1-2-16(25-17)12-26-4-6-27(13-18(30)31)8-10-29(15-20(34)35)11-9-28(7-5-26)14-19(32)33/h1-3H,4-15H2,(H,30,31)(H,32,33)(H,34,35). The molecule has 0 aliphatic carbocycles. The third-order valence-electron chi connectivity index (χ3n) is 5.49. The zero-order valence-corrected chi connectivity index (χ0v) is 19.2. The third-order valence-corrected chi connectivity index (χ3v) is 5.49. The van der Waals surface area contributed by atoms with E-state index in [1.807, 2.05) is 4.90 Å². The number of aliphatic carboxylic acids is 3. The van der Waals surface area contributed by atoms with Crippen molar-refractivity contribution in [2.24, 2.45) is 0 Å². The van der Waals surface area contributed by atoms with Gasteiger partial charge in [0.25, 0.3) is 0 Å². The molecule has 11 nitrogen and oxygen atoms in total. The molecule has 1 aliphatic rings. The molecule has 0 atom stereocenters. The Balaban J connectivity index is 2.21. The maximum absolute atomic E-state index is 13.1. The van der Waals surface area contributed by atoms with E-state index < -0.39 is 29.8 Å². The van der Waals surface area contributed by atoms with Gasteiger partial charge in [-0.3, -0.25) is 34.0 Å². The van der Waals surface area contributed by atoms with Crippen LogP contribution in [-0.2, 0) is 27.1 Å². The topological polar surface area (TPSA) is 138 Å². The fourth-order valence-electron chi connectivity index (χ4n) is 3.74. The van der Waals surface area contributed by atoms with Gasteiger partial charge in [0.15, 0.2) is 0 Å². The predicted octanol–water partition coefficient (Wildman–Crippen LogP) is 0.0758. The average Bonchev–Trinajstić information content (AvgIpc) is 2.74. The first-order chi connectivity index (χ1) is 16.4. The molecule has 0 aromatic carbocycles. The number of carboxylic acids is 3. The molecule has 2 rings (SSSR count). The van der Waals surface area contributed by atoms with Crippen molar-refractivity contribution >= 4 is 17.9 Å². The van der Waals surface area contributed by atoms with Crippen LogP contribution in [0.15, 0.2) is 18.2 Å². The maximum atomic E-state index is 13.1. The first-order valence-corrected chi connectivity index (χ1v) is 11.0. The molecule has 0 saturated carbocycles. The van der Waals surface area contributed by atoms with Gasteiger partial charge in [-0.15, -0.1) is 0 Å².